The van der Waals surface area contributed by atoms with Gasteiger partial charge in [-0.1, -0.05) is 48.0 Å². The molecule has 0 atom stereocenters. The second-order valence-electron chi connectivity index (χ2n) is 6.45. The molecule has 6 nitrogen and oxygen atoms in total. The first-order valence-electron chi connectivity index (χ1n) is 8.98. The third kappa shape index (κ3) is 5.45. The number of sulfonamides is 1. The van der Waals surface area contributed by atoms with Crippen LogP contribution in [-0.2, 0) is 21.4 Å². The van der Waals surface area contributed by atoms with E-state index in [4.69, 9.17) is 16.9 Å². The first-order valence-corrected chi connectivity index (χ1v) is 10.8. The first-order chi connectivity index (χ1) is 14.4. The zero-order valence-electron chi connectivity index (χ0n) is 15.8. The number of hydrogen-bond acceptors (Lipinski definition) is 4. The van der Waals surface area contributed by atoms with Crippen LogP contribution in [0.2, 0.25) is 5.02 Å². The molecule has 0 heterocycles. The molecule has 0 unspecified atom stereocenters. The third-order valence-electron chi connectivity index (χ3n) is 4.25. The van der Waals surface area contributed by atoms with Crippen LogP contribution in [0.15, 0.2) is 83.8 Å². The lowest BCUT2D eigenvalue weighted by Gasteiger charge is -2.22. The Balaban J connectivity index is 1.85. The smallest absolute Gasteiger partial charge is 0.243 e. The summed E-state index contributed by atoms with van der Waals surface area (Å²) in [6.07, 6.45) is 0. The highest BCUT2D eigenvalue weighted by Crippen LogP contribution is 2.22. The number of nitriles is 1. The van der Waals surface area contributed by atoms with Gasteiger partial charge in [0.1, 0.15) is 0 Å². The molecule has 0 aliphatic heterocycles. The molecule has 3 aromatic rings. The summed E-state index contributed by atoms with van der Waals surface area (Å²) in [5.74, 6) is -0.499. The van der Waals surface area contributed by atoms with Crippen molar-refractivity contribution in [3.05, 3.63) is 95.0 Å². The predicted octanol–water partition coefficient (Wildman–Crippen LogP) is 4.04. The van der Waals surface area contributed by atoms with Gasteiger partial charge >= 0.3 is 0 Å². The Labute approximate surface area is 180 Å². The molecule has 0 bridgehead atoms. The lowest BCUT2D eigenvalue weighted by molar-refractivity contribution is -0.116. The number of hydrogen-bond donors (Lipinski definition) is 1. The lowest BCUT2D eigenvalue weighted by atomic mass is 10.2. The van der Waals surface area contributed by atoms with Crippen LogP contribution in [0.25, 0.3) is 0 Å². The largest absolute Gasteiger partial charge is 0.325 e. The molecule has 1 N–H and O–H groups in total. The Morgan fingerprint density at radius 3 is 2.33 bits per heavy atom. The first kappa shape index (κ1) is 21.5. The molecule has 0 saturated carbocycles. The molecule has 0 aliphatic rings. The van der Waals surface area contributed by atoms with Crippen molar-refractivity contribution in [1.29, 1.82) is 5.26 Å². The van der Waals surface area contributed by atoms with Gasteiger partial charge in [-0.15, -0.1) is 0 Å². The van der Waals surface area contributed by atoms with Gasteiger partial charge in [0.25, 0.3) is 0 Å². The summed E-state index contributed by atoms with van der Waals surface area (Å²) in [5.41, 5.74) is 1.68. The van der Waals surface area contributed by atoms with E-state index in [0.717, 1.165) is 9.87 Å². The number of amides is 1. The van der Waals surface area contributed by atoms with Crippen LogP contribution in [0, 0.1) is 11.3 Å². The van der Waals surface area contributed by atoms with E-state index < -0.39 is 15.9 Å². The normalized spacial score (nSPS) is 11.1. The van der Waals surface area contributed by atoms with E-state index in [1.54, 1.807) is 60.7 Å². The van der Waals surface area contributed by atoms with E-state index in [0.29, 0.717) is 11.3 Å². The standard InChI is InChI=1S/C22H18ClN3O3S/c23-19-7-4-8-21(13-19)30(28,29)26(15-18-5-2-1-3-6-18)16-22(27)25-20-11-9-17(14-24)10-12-20/h1-13H,15-16H2,(H,25,27). The third-order valence-corrected chi connectivity index (χ3v) is 6.28. The number of anilines is 1. The number of benzene rings is 3. The summed E-state index contributed by atoms with van der Waals surface area (Å²) >= 11 is 5.97. The molecule has 3 aromatic carbocycles. The highest BCUT2D eigenvalue weighted by Gasteiger charge is 2.27. The van der Waals surface area contributed by atoms with Gasteiger partial charge in [0, 0.05) is 17.3 Å². The summed E-state index contributed by atoms with van der Waals surface area (Å²) in [7, 11) is -3.97. The Hall–Kier alpha value is -3.18. The van der Waals surface area contributed by atoms with Crippen molar-refractivity contribution < 1.29 is 13.2 Å². The average molecular weight is 440 g/mol. The molecule has 0 fully saturated rings. The minimum atomic E-state index is -3.97. The molecular weight excluding hydrogens is 422 g/mol. The van der Waals surface area contributed by atoms with Crippen molar-refractivity contribution in [2.24, 2.45) is 0 Å². The zero-order valence-corrected chi connectivity index (χ0v) is 17.4. The molecule has 152 valence electrons. The number of nitrogens with zero attached hydrogens (tertiary/aromatic N) is 2. The van der Waals surface area contributed by atoms with Gasteiger partial charge in [-0.2, -0.15) is 9.57 Å². The highest BCUT2D eigenvalue weighted by atomic mass is 35.5. The number of nitrogens with one attached hydrogen (secondary N) is 1. The maximum Gasteiger partial charge on any atom is 0.243 e. The van der Waals surface area contributed by atoms with Crippen molar-refractivity contribution in [3.8, 4) is 6.07 Å². The molecule has 8 heteroatoms. The van der Waals surface area contributed by atoms with E-state index in [9.17, 15) is 13.2 Å². The van der Waals surface area contributed by atoms with Crippen LogP contribution in [0.4, 0.5) is 5.69 Å². The maximum absolute atomic E-state index is 13.2. The molecule has 3 rings (SSSR count). The molecular formula is C22H18ClN3O3S. The maximum atomic E-state index is 13.2. The van der Waals surface area contributed by atoms with Gasteiger partial charge in [-0.25, -0.2) is 8.42 Å². The van der Waals surface area contributed by atoms with Gasteiger partial charge in [0.15, 0.2) is 0 Å². The molecule has 0 radical (unpaired) electrons. The van der Waals surface area contributed by atoms with Gasteiger partial charge in [-0.3, -0.25) is 4.79 Å². The highest BCUT2D eigenvalue weighted by molar-refractivity contribution is 7.89. The summed E-state index contributed by atoms with van der Waals surface area (Å²) < 4.78 is 27.5. The Morgan fingerprint density at radius 1 is 1.00 bits per heavy atom. The van der Waals surface area contributed by atoms with Crippen LogP contribution >= 0.6 is 11.6 Å². The summed E-state index contributed by atoms with van der Waals surface area (Å²) in [4.78, 5) is 12.6. The van der Waals surface area contributed by atoms with Crippen molar-refractivity contribution in [2.45, 2.75) is 11.4 Å². The molecule has 30 heavy (non-hydrogen) atoms. The van der Waals surface area contributed by atoms with E-state index in [2.05, 4.69) is 5.32 Å². The molecule has 1 amide bonds. The molecule has 0 spiro atoms. The van der Waals surface area contributed by atoms with Crippen LogP contribution in [0.1, 0.15) is 11.1 Å². The van der Waals surface area contributed by atoms with E-state index in [-0.39, 0.29) is 23.0 Å². The van der Waals surface area contributed by atoms with E-state index >= 15 is 0 Å². The predicted molar refractivity (Wildman–Crippen MR) is 115 cm³/mol. The number of halogens is 1. The van der Waals surface area contributed by atoms with Crippen LogP contribution in [-0.4, -0.2) is 25.2 Å². The van der Waals surface area contributed by atoms with Gasteiger partial charge in [0.2, 0.25) is 15.9 Å². The quantitative estimate of drug-likeness (QED) is 0.601. The summed E-state index contributed by atoms with van der Waals surface area (Å²) in [6, 6.07) is 23.3. The second-order valence-corrected chi connectivity index (χ2v) is 8.83. The summed E-state index contributed by atoms with van der Waals surface area (Å²) in [6.45, 7) is -0.361. The van der Waals surface area contributed by atoms with Crippen molar-refractivity contribution in [1.82, 2.24) is 4.31 Å². The molecule has 0 aromatic heterocycles. The fourth-order valence-corrected chi connectivity index (χ4v) is 4.46. The number of carbonyl (C=O) groups is 1. The topological polar surface area (TPSA) is 90.3 Å². The van der Waals surface area contributed by atoms with Crippen molar-refractivity contribution in [2.75, 3.05) is 11.9 Å². The Morgan fingerprint density at radius 2 is 1.70 bits per heavy atom. The van der Waals surface area contributed by atoms with Crippen LogP contribution in [0.5, 0.6) is 0 Å². The Bertz CT molecular complexity index is 1170. The van der Waals surface area contributed by atoms with Crippen molar-refractivity contribution in [3.63, 3.8) is 0 Å². The fourth-order valence-electron chi connectivity index (χ4n) is 2.78. The minimum Gasteiger partial charge on any atom is -0.325 e. The second kappa shape index (κ2) is 9.55. The van der Waals surface area contributed by atoms with Gasteiger partial charge < -0.3 is 5.32 Å². The minimum absolute atomic E-state index is 0.0112. The molecule has 0 saturated heterocycles. The lowest BCUT2D eigenvalue weighted by Crippen LogP contribution is -2.37. The average Bonchev–Trinajstić information content (AvgIpc) is 2.74. The van der Waals surface area contributed by atoms with E-state index in [1.807, 2.05) is 12.1 Å². The van der Waals surface area contributed by atoms with Gasteiger partial charge in [0.05, 0.1) is 23.1 Å². The zero-order chi connectivity index (χ0) is 21.6. The van der Waals surface area contributed by atoms with Crippen LogP contribution in [0.3, 0.4) is 0 Å². The monoisotopic (exact) mass is 439 g/mol. The summed E-state index contributed by atoms with van der Waals surface area (Å²) in [5, 5.41) is 11.8. The van der Waals surface area contributed by atoms with Crippen molar-refractivity contribution >= 4 is 33.2 Å². The molecule has 0 aliphatic carbocycles. The number of carbonyl (C=O) groups excluding carboxylic acids is 1. The van der Waals surface area contributed by atoms with Crippen LogP contribution < -0.4 is 5.32 Å². The Kier molecular flexibility index (Phi) is 6.85. The fraction of sp³-hybridized carbons (Fsp3) is 0.0909. The number of rotatable bonds is 7. The van der Waals surface area contributed by atoms with Gasteiger partial charge in [-0.05, 0) is 48.0 Å². The van der Waals surface area contributed by atoms with E-state index in [1.165, 1.54) is 12.1 Å². The SMILES string of the molecule is N#Cc1ccc(NC(=O)CN(Cc2ccccc2)S(=O)(=O)c2cccc(Cl)c2)cc1.